The Morgan fingerprint density at radius 2 is 1.82 bits per heavy atom. The average molecular weight is 233 g/mol. The van der Waals surface area contributed by atoms with Gasteiger partial charge in [-0.05, 0) is 29.8 Å². The second-order valence-corrected chi connectivity index (χ2v) is 3.56. The highest BCUT2D eigenvalue weighted by atomic mass is 19.1. The zero-order chi connectivity index (χ0) is 12.3. The number of nitrogens with two attached hydrogens (primary N) is 1. The summed E-state index contributed by atoms with van der Waals surface area (Å²) >= 11 is 0. The van der Waals surface area contributed by atoms with Crippen molar-refractivity contribution >= 4 is 0 Å². The molecule has 0 unspecified atom stereocenters. The Kier molecular flexibility index (Phi) is 3.25. The minimum absolute atomic E-state index is 0.0725. The summed E-state index contributed by atoms with van der Waals surface area (Å²) in [5, 5.41) is 9.06. The molecule has 88 valence electrons. The van der Waals surface area contributed by atoms with Gasteiger partial charge in [-0.3, -0.25) is 0 Å². The zero-order valence-electron chi connectivity index (χ0n) is 9.06. The highest BCUT2D eigenvalue weighted by molar-refractivity contribution is 5.37. The van der Waals surface area contributed by atoms with Crippen LogP contribution in [0.3, 0.4) is 0 Å². The number of hydrogen-bond donors (Lipinski definition) is 2. The molecule has 2 rings (SSSR count). The summed E-state index contributed by atoms with van der Waals surface area (Å²) in [6.45, 7) is 0.452. The minimum Gasteiger partial charge on any atom is -0.508 e. The second kappa shape index (κ2) is 4.84. The summed E-state index contributed by atoms with van der Waals surface area (Å²) < 4.78 is 18.7. The molecule has 0 aliphatic heterocycles. The van der Waals surface area contributed by atoms with Crippen molar-refractivity contribution in [2.45, 2.75) is 6.54 Å². The number of hydrogen-bond acceptors (Lipinski definition) is 3. The molecule has 0 saturated carbocycles. The molecule has 0 aromatic heterocycles. The first kappa shape index (κ1) is 11.4. The molecule has 0 atom stereocenters. The van der Waals surface area contributed by atoms with E-state index >= 15 is 0 Å². The van der Waals surface area contributed by atoms with Crippen molar-refractivity contribution in [1.29, 1.82) is 0 Å². The summed E-state index contributed by atoms with van der Waals surface area (Å²) in [5.41, 5.74) is 6.44. The summed E-state index contributed by atoms with van der Waals surface area (Å²) in [7, 11) is 0. The maximum Gasteiger partial charge on any atom is 0.169 e. The molecule has 0 amide bonds. The average Bonchev–Trinajstić information content (AvgIpc) is 2.34. The number of rotatable bonds is 3. The summed E-state index contributed by atoms with van der Waals surface area (Å²) in [4.78, 5) is 0. The summed E-state index contributed by atoms with van der Waals surface area (Å²) in [6, 6.07) is 10.8. The van der Waals surface area contributed by atoms with Gasteiger partial charge in [-0.1, -0.05) is 12.1 Å². The largest absolute Gasteiger partial charge is 0.508 e. The molecule has 0 spiro atoms. The smallest absolute Gasteiger partial charge is 0.169 e. The van der Waals surface area contributed by atoms with Crippen LogP contribution < -0.4 is 10.5 Å². The minimum atomic E-state index is -0.604. The first-order valence-corrected chi connectivity index (χ1v) is 5.14. The molecule has 17 heavy (non-hydrogen) atoms. The van der Waals surface area contributed by atoms with Crippen molar-refractivity contribution in [3.63, 3.8) is 0 Å². The van der Waals surface area contributed by atoms with E-state index < -0.39 is 5.82 Å². The van der Waals surface area contributed by atoms with Gasteiger partial charge < -0.3 is 15.6 Å². The SMILES string of the molecule is NCc1ccc(Oc2ccc(O)cc2F)cc1. The maximum atomic E-state index is 13.4. The molecule has 0 saturated heterocycles. The van der Waals surface area contributed by atoms with Crippen molar-refractivity contribution in [2.24, 2.45) is 5.73 Å². The van der Waals surface area contributed by atoms with Crippen LogP contribution in [-0.4, -0.2) is 5.11 Å². The van der Waals surface area contributed by atoms with E-state index in [9.17, 15) is 4.39 Å². The van der Waals surface area contributed by atoms with Gasteiger partial charge in [-0.25, -0.2) is 4.39 Å². The van der Waals surface area contributed by atoms with Crippen molar-refractivity contribution in [3.8, 4) is 17.2 Å². The predicted octanol–water partition coefficient (Wildman–Crippen LogP) is 2.78. The lowest BCUT2D eigenvalue weighted by Crippen LogP contribution is -1.95. The van der Waals surface area contributed by atoms with Gasteiger partial charge in [0, 0.05) is 12.6 Å². The van der Waals surface area contributed by atoms with Crippen LogP contribution >= 0.6 is 0 Å². The number of aromatic hydroxyl groups is 1. The fourth-order valence-electron chi connectivity index (χ4n) is 1.39. The third kappa shape index (κ3) is 2.73. The number of halogens is 1. The fraction of sp³-hybridized carbons (Fsp3) is 0.0769. The summed E-state index contributed by atoms with van der Waals surface area (Å²) in [5.74, 6) is -0.142. The molecule has 0 heterocycles. The Morgan fingerprint density at radius 1 is 1.12 bits per heavy atom. The van der Waals surface area contributed by atoms with Crippen molar-refractivity contribution in [3.05, 3.63) is 53.8 Å². The van der Waals surface area contributed by atoms with Gasteiger partial charge in [0.15, 0.2) is 11.6 Å². The number of benzene rings is 2. The molecular weight excluding hydrogens is 221 g/mol. The van der Waals surface area contributed by atoms with Crippen LogP contribution in [0.2, 0.25) is 0 Å². The quantitative estimate of drug-likeness (QED) is 0.857. The number of phenolic OH excluding ortho intramolecular Hbond substituents is 1. The normalized spacial score (nSPS) is 10.2. The zero-order valence-corrected chi connectivity index (χ0v) is 9.06. The number of phenols is 1. The van der Waals surface area contributed by atoms with E-state index in [0.717, 1.165) is 11.6 Å². The van der Waals surface area contributed by atoms with Gasteiger partial charge in [0.1, 0.15) is 11.5 Å². The Morgan fingerprint density at radius 3 is 2.41 bits per heavy atom. The van der Waals surface area contributed by atoms with Crippen LogP contribution in [0.15, 0.2) is 42.5 Å². The molecule has 0 bridgehead atoms. The third-order valence-electron chi connectivity index (χ3n) is 2.30. The highest BCUT2D eigenvalue weighted by Gasteiger charge is 2.05. The molecule has 2 aromatic rings. The Labute approximate surface area is 98.3 Å². The lowest BCUT2D eigenvalue weighted by atomic mass is 10.2. The lowest BCUT2D eigenvalue weighted by molar-refractivity contribution is 0.429. The van der Waals surface area contributed by atoms with Crippen LogP contribution in [0, 0.1) is 5.82 Å². The van der Waals surface area contributed by atoms with E-state index in [1.807, 2.05) is 12.1 Å². The van der Waals surface area contributed by atoms with E-state index in [0.29, 0.717) is 12.3 Å². The van der Waals surface area contributed by atoms with Gasteiger partial charge in [0.05, 0.1) is 0 Å². The molecular formula is C13H12FNO2. The third-order valence-corrected chi connectivity index (χ3v) is 2.30. The van der Waals surface area contributed by atoms with E-state index in [-0.39, 0.29) is 11.5 Å². The highest BCUT2D eigenvalue weighted by Crippen LogP contribution is 2.27. The van der Waals surface area contributed by atoms with Crippen molar-refractivity contribution in [1.82, 2.24) is 0 Å². The molecule has 0 fully saturated rings. The van der Waals surface area contributed by atoms with E-state index in [1.54, 1.807) is 12.1 Å². The molecule has 3 nitrogen and oxygen atoms in total. The Bertz CT molecular complexity index is 511. The van der Waals surface area contributed by atoms with Crippen LogP contribution in [0.1, 0.15) is 5.56 Å². The first-order chi connectivity index (χ1) is 8.19. The number of ether oxygens (including phenoxy) is 1. The van der Waals surface area contributed by atoms with Crippen molar-refractivity contribution in [2.75, 3.05) is 0 Å². The molecule has 0 aliphatic rings. The monoisotopic (exact) mass is 233 g/mol. The fourth-order valence-corrected chi connectivity index (χ4v) is 1.39. The van der Waals surface area contributed by atoms with Crippen LogP contribution in [0.25, 0.3) is 0 Å². The van der Waals surface area contributed by atoms with Gasteiger partial charge in [-0.2, -0.15) is 0 Å². The lowest BCUT2D eigenvalue weighted by Gasteiger charge is -2.07. The summed E-state index contributed by atoms with van der Waals surface area (Å²) in [6.07, 6.45) is 0. The van der Waals surface area contributed by atoms with Gasteiger partial charge >= 0.3 is 0 Å². The van der Waals surface area contributed by atoms with E-state index in [2.05, 4.69) is 0 Å². The molecule has 2 aromatic carbocycles. The van der Waals surface area contributed by atoms with Gasteiger partial charge in [-0.15, -0.1) is 0 Å². The van der Waals surface area contributed by atoms with Gasteiger partial charge in [0.25, 0.3) is 0 Å². The Hall–Kier alpha value is -2.07. The topological polar surface area (TPSA) is 55.5 Å². The standard InChI is InChI=1S/C13H12FNO2/c14-12-7-10(16)3-6-13(12)17-11-4-1-9(8-15)2-5-11/h1-7,16H,8,15H2. The van der Waals surface area contributed by atoms with E-state index in [4.69, 9.17) is 15.6 Å². The maximum absolute atomic E-state index is 13.4. The molecule has 3 N–H and O–H groups in total. The Balaban J connectivity index is 2.19. The van der Waals surface area contributed by atoms with Crippen LogP contribution in [-0.2, 0) is 6.54 Å². The van der Waals surface area contributed by atoms with Gasteiger partial charge in [0.2, 0.25) is 0 Å². The van der Waals surface area contributed by atoms with Crippen LogP contribution in [0.4, 0.5) is 4.39 Å². The molecule has 0 aliphatic carbocycles. The molecule has 4 heteroatoms. The predicted molar refractivity (Wildman–Crippen MR) is 62.5 cm³/mol. The molecule has 0 radical (unpaired) electrons. The second-order valence-electron chi connectivity index (χ2n) is 3.56. The van der Waals surface area contributed by atoms with E-state index in [1.165, 1.54) is 12.1 Å². The van der Waals surface area contributed by atoms with Crippen molar-refractivity contribution < 1.29 is 14.2 Å². The first-order valence-electron chi connectivity index (χ1n) is 5.14. The van der Waals surface area contributed by atoms with Crippen LogP contribution in [0.5, 0.6) is 17.2 Å².